The van der Waals surface area contributed by atoms with Gasteiger partial charge in [0.2, 0.25) is 0 Å². The monoisotopic (exact) mass is 304 g/mol. The molecule has 0 aliphatic heterocycles. The van der Waals surface area contributed by atoms with E-state index in [0.29, 0.717) is 6.54 Å². The summed E-state index contributed by atoms with van der Waals surface area (Å²) in [7, 11) is 2.09. The maximum absolute atomic E-state index is 5.87. The molecule has 0 amide bonds. The Morgan fingerprint density at radius 2 is 1.90 bits per heavy atom. The van der Waals surface area contributed by atoms with Gasteiger partial charge in [-0.15, -0.1) is 11.3 Å². The normalized spacial score (nSPS) is 11.7. The van der Waals surface area contributed by atoms with E-state index in [4.69, 9.17) is 10.7 Å². The lowest BCUT2D eigenvalue weighted by molar-refractivity contribution is 0.566. The molecule has 0 radical (unpaired) electrons. The van der Waals surface area contributed by atoms with E-state index in [9.17, 15) is 0 Å². The molecular weight excluding hydrogens is 280 g/mol. The van der Waals surface area contributed by atoms with Crippen LogP contribution < -0.4 is 10.6 Å². The second-order valence-electron chi connectivity index (χ2n) is 6.25. The van der Waals surface area contributed by atoms with Crippen LogP contribution in [-0.4, -0.2) is 23.6 Å². The van der Waals surface area contributed by atoms with Crippen molar-refractivity contribution in [2.24, 2.45) is 5.73 Å². The topological polar surface area (TPSA) is 55.0 Å². The van der Waals surface area contributed by atoms with Gasteiger partial charge in [0.05, 0.1) is 5.69 Å². The van der Waals surface area contributed by atoms with E-state index in [2.05, 4.69) is 49.8 Å². The van der Waals surface area contributed by atoms with Crippen LogP contribution in [-0.2, 0) is 18.4 Å². The van der Waals surface area contributed by atoms with Crippen molar-refractivity contribution in [2.45, 2.75) is 39.2 Å². The van der Waals surface area contributed by atoms with Gasteiger partial charge in [0.15, 0.2) is 5.13 Å². The highest BCUT2D eigenvalue weighted by Gasteiger charge is 2.23. The van der Waals surface area contributed by atoms with Crippen LogP contribution in [0.5, 0.6) is 0 Å². The number of hydrogen-bond donors (Lipinski definition) is 1. The van der Waals surface area contributed by atoms with Gasteiger partial charge in [0.25, 0.3) is 0 Å². The average Bonchev–Trinajstić information content (AvgIpc) is 2.90. The summed E-state index contributed by atoms with van der Waals surface area (Å²) < 4.78 is 0. The Kier molecular flexibility index (Phi) is 4.96. The van der Waals surface area contributed by atoms with Gasteiger partial charge in [0, 0.05) is 42.8 Å². The molecule has 2 N–H and O–H groups in total. The van der Waals surface area contributed by atoms with Gasteiger partial charge in [-0.1, -0.05) is 20.8 Å². The Morgan fingerprint density at radius 3 is 2.43 bits per heavy atom. The van der Waals surface area contributed by atoms with Crippen molar-refractivity contribution in [3.63, 3.8) is 0 Å². The van der Waals surface area contributed by atoms with Crippen LogP contribution in [0, 0.1) is 0 Å². The maximum atomic E-state index is 5.87. The number of likely N-dealkylation sites (N-methyl/N-ethyl adjacent to an activating group) is 1. The first-order valence-corrected chi connectivity index (χ1v) is 8.03. The highest BCUT2D eigenvalue weighted by molar-refractivity contribution is 7.15. The summed E-state index contributed by atoms with van der Waals surface area (Å²) in [6, 6.07) is 4.11. The first kappa shape index (κ1) is 15.9. The van der Waals surface area contributed by atoms with Crippen molar-refractivity contribution in [3.05, 3.63) is 40.7 Å². The molecule has 0 spiro atoms. The van der Waals surface area contributed by atoms with Crippen molar-refractivity contribution in [1.82, 2.24) is 9.97 Å². The Labute approximate surface area is 131 Å². The van der Waals surface area contributed by atoms with E-state index in [1.54, 1.807) is 11.3 Å². The van der Waals surface area contributed by atoms with Gasteiger partial charge in [-0.3, -0.25) is 4.98 Å². The van der Waals surface area contributed by atoms with Crippen molar-refractivity contribution >= 4 is 16.5 Å². The maximum Gasteiger partial charge on any atom is 0.185 e. The molecule has 2 aromatic heterocycles. The highest BCUT2D eigenvalue weighted by atomic mass is 32.1. The number of anilines is 1. The molecule has 0 aliphatic carbocycles. The zero-order chi connectivity index (χ0) is 15.5. The summed E-state index contributed by atoms with van der Waals surface area (Å²) in [6.07, 6.45) is 4.66. The summed E-state index contributed by atoms with van der Waals surface area (Å²) in [5, 5.41) is 1.05. The largest absolute Gasteiger partial charge is 0.351 e. The van der Waals surface area contributed by atoms with E-state index in [-0.39, 0.29) is 5.41 Å². The zero-order valence-electron chi connectivity index (χ0n) is 13.3. The average molecular weight is 304 g/mol. The number of hydrogen-bond acceptors (Lipinski definition) is 5. The first-order valence-electron chi connectivity index (χ1n) is 7.22. The fourth-order valence-corrected chi connectivity index (χ4v) is 3.31. The number of nitrogens with zero attached hydrogens (tertiary/aromatic N) is 3. The van der Waals surface area contributed by atoms with Crippen LogP contribution in [0.1, 0.15) is 36.9 Å². The SMILES string of the molecule is CN(CCc1ccncc1)c1nc(C(C)(C)C)c(CN)s1. The molecule has 0 aromatic carbocycles. The molecule has 0 aliphatic rings. The third-order valence-corrected chi connectivity index (χ3v) is 4.59. The summed E-state index contributed by atoms with van der Waals surface area (Å²) in [5.74, 6) is 0. The van der Waals surface area contributed by atoms with Gasteiger partial charge in [0.1, 0.15) is 0 Å². The first-order chi connectivity index (χ1) is 9.91. The van der Waals surface area contributed by atoms with Crippen molar-refractivity contribution in [2.75, 3.05) is 18.5 Å². The lowest BCUT2D eigenvalue weighted by Gasteiger charge is -2.18. The van der Waals surface area contributed by atoms with Gasteiger partial charge in [-0.05, 0) is 24.1 Å². The molecule has 4 nitrogen and oxygen atoms in total. The third kappa shape index (κ3) is 4.02. The zero-order valence-corrected chi connectivity index (χ0v) is 14.1. The molecule has 5 heteroatoms. The number of pyridine rings is 1. The van der Waals surface area contributed by atoms with Crippen LogP contribution in [0.3, 0.4) is 0 Å². The Bertz CT molecular complexity index is 572. The highest BCUT2D eigenvalue weighted by Crippen LogP contribution is 2.33. The van der Waals surface area contributed by atoms with Crippen LogP contribution in [0.25, 0.3) is 0 Å². The molecule has 0 saturated heterocycles. The molecule has 0 atom stereocenters. The minimum Gasteiger partial charge on any atom is -0.351 e. The summed E-state index contributed by atoms with van der Waals surface area (Å²) in [4.78, 5) is 12.3. The van der Waals surface area contributed by atoms with Crippen molar-refractivity contribution < 1.29 is 0 Å². The molecule has 114 valence electrons. The summed E-state index contributed by atoms with van der Waals surface area (Å²) >= 11 is 1.71. The molecule has 0 saturated carbocycles. The second kappa shape index (κ2) is 6.54. The minimum atomic E-state index is 0.0371. The molecule has 2 aromatic rings. The van der Waals surface area contributed by atoms with Crippen molar-refractivity contribution in [1.29, 1.82) is 0 Å². The van der Waals surface area contributed by atoms with Crippen LogP contribution >= 0.6 is 11.3 Å². The summed E-state index contributed by atoms with van der Waals surface area (Å²) in [5.41, 5.74) is 8.33. The molecular formula is C16H24N4S. The summed E-state index contributed by atoms with van der Waals surface area (Å²) in [6.45, 7) is 8.04. The number of thiazole rings is 1. The van der Waals surface area contributed by atoms with E-state index < -0.39 is 0 Å². The lowest BCUT2D eigenvalue weighted by Crippen LogP contribution is -2.21. The smallest absolute Gasteiger partial charge is 0.185 e. The standard InChI is InChI=1S/C16H24N4S/c1-16(2,3)14-13(11-17)21-15(19-14)20(4)10-7-12-5-8-18-9-6-12/h5-6,8-9H,7,10-11,17H2,1-4H3. The number of aromatic nitrogens is 2. The molecule has 2 heterocycles. The molecule has 0 bridgehead atoms. The Hall–Kier alpha value is -1.46. The second-order valence-corrected chi connectivity index (χ2v) is 7.31. The van der Waals surface area contributed by atoms with E-state index in [1.165, 1.54) is 10.4 Å². The van der Waals surface area contributed by atoms with Gasteiger partial charge < -0.3 is 10.6 Å². The number of nitrogens with two attached hydrogens (primary N) is 1. The van der Waals surface area contributed by atoms with Gasteiger partial charge in [-0.2, -0.15) is 0 Å². The Balaban J connectivity index is 2.09. The van der Waals surface area contributed by atoms with E-state index in [1.807, 2.05) is 12.4 Å². The molecule has 21 heavy (non-hydrogen) atoms. The van der Waals surface area contributed by atoms with Crippen LogP contribution in [0.2, 0.25) is 0 Å². The van der Waals surface area contributed by atoms with E-state index in [0.717, 1.165) is 23.8 Å². The van der Waals surface area contributed by atoms with Gasteiger partial charge in [-0.25, -0.2) is 4.98 Å². The Morgan fingerprint density at radius 1 is 1.24 bits per heavy atom. The predicted molar refractivity (Wildman–Crippen MR) is 89.9 cm³/mol. The number of rotatable bonds is 5. The fraction of sp³-hybridized carbons (Fsp3) is 0.500. The van der Waals surface area contributed by atoms with Crippen LogP contribution in [0.4, 0.5) is 5.13 Å². The van der Waals surface area contributed by atoms with E-state index >= 15 is 0 Å². The predicted octanol–water partition coefficient (Wildman–Crippen LogP) is 2.97. The molecule has 0 unspecified atom stereocenters. The third-order valence-electron chi connectivity index (χ3n) is 3.39. The molecule has 0 fully saturated rings. The quantitative estimate of drug-likeness (QED) is 0.922. The minimum absolute atomic E-state index is 0.0371. The molecule has 2 rings (SSSR count). The fourth-order valence-electron chi connectivity index (χ4n) is 2.17. The van der Waals surface area contributed by atoms with Crippen molar-refractivity contribution in [3.8, 4) is 0 Å². The lowest BCUT2D eigenvalue weighted by atomic mass is 9.91. The van der Waals surface area contributed by atoms with Gasteiger partial charge >= 0.3 is 0 Å². The van der Waals surface area contributed by atoms with Crippen LogP contribution in [0.15, 0.2) is 24.5 Å².